The van der Waals surface area contributed by atoms with Crippen LogP contribution in [-0.4, -0.2) is 55.6 Å². The van der Waals surface area contributed by atoms with Gasteiger partial charge in [-0.2, -0.15) is 0 Å². The average molecular weight is 414 g/mol. The fourth-order valence-corrected chi connectivity index (χ4v) is 4.63. The zero-order valence-corrected chi connectivity index (χ0v) is 18.9. The van der Waals surface area contributed by atoms with Crippen LogP contribution in [0.4, 0.5) is 5.82 Å². The molecule has 0 spiro atoms. The molecule has 0 bridgehead atoms. The predicted octanol–water partition coefficient (Wildman–Crippen LogP) is 3.42. The molecule has 6 nitrogen and oxygen atoms in total. The second kappa shape index (κ2) is 11.0. The molecule has 1 aliphatic carbocycles. The second-order valence-electron chi connectivity index (χ2n) is 9.03. The van der Waals surface area contributed by atoms with Crippen molar-refractivity contribution in [2.24, 2.45) is 11.7 Å². The molecule has 1 aromatic heterocycles. The van der Waals surface area contributed by atoms with Crippen LogP contribution < -0.4 is 16.0 Å². The van der Waals surface area contributed by atoms with Crippen molar-refractivity contribution < 1.29 is 4.74 Å². The summed E-state index contributed by atoms with van der Waals surface area (Å²) in [6.45, 7) is 6.70. The van der Waals surface area contributed by atoms with Gasteiger partial charge in [-0.05, 0) is 50.8 Å². The fourth-order valence-electron chi connectivity index (χ4n) is 4.63. The molecule has 1 aliphatic heterocycles. The van der Waals surface area contributed by atoms with E-state index in [1.165, 1.54) is 32.1 Å². The van der Waals surface area contributed by atoms with E-state index >= 15 is 0 Å². The maximum Gasteiger partial charge on any atom is 0.138 e. The smallest absolute Gasteiger partial charge is 0.138 e. The largest absolute Gasteiger partial charge is 0.379 e. The summed E-state index contributed by atoms with van der Waals surface area (Å²) < 4.78 is 5.90. The molecule has 30 heavy (non-hydrogen) atoms. The number of rotatable bonds is 8. The molecule has 1 saturated carbocycles. The van der Waals surface area contributed by atoms with Crippen molar-refractivity contribution in [2.75, 3.05) is 31.6 Å². The Labute approximate surface area is 181 Å². The van der Waals surface area contributed by atoms with Crippen molar-refractivity contribution in [2.45, 2.75) is 70.6 Å². The maximum absolute atomic E-state index is 8.54. The molecule has 1 aromatic rings. The highest BCUT2D eigenvalue weighted by Gasteiger charge is 2.31. The highest BCUT2D eigenvalue weighted by molar-refractivity contribution is 6.09. The first-order valence-corrected chi connectivity index (χ1v) is 11.5. The van der Waals surface area contributed by atoms with Gasteiger partial charge in [0.1, 0.15) is 5.82 Å². The third-order valence-electron chi connectivity index (χ3n) is 6.43. The van der Waals surface area contributed by atoms with E-state index in [0.717, 1.165) is 43.0 Å². The minimum atomic E-state index is -0.0724. The van der Waals surface area contributed by atoms with Crippen LogP contribution in [0.25, 0.3) is 0 Å². The molecule has 0 amide bonds. The highest BCUT2D eigenvalue weighted by atomic mass is 16.5. The van der Waals surface area contributed by atoms with Crippen LogP contribution in [-0.2, 0) is 4.74 Å². The fraction of sp³-hybridized carbons (Fsp3) is 0.667. The molecule has 0 aromatic carbocycles. The lowest BCUT2D eigenvalue weighted by Gasteiger charge is -2.40. The Morgan fingerprint density at radius 1 is 1.37 bits per heavy atom. The number of allylic oxidation sites excluding steroid dienone is 1. The van der Waals surface area contributed by atoms with Crippen LogP contribution in [0.3, 0.4) is 0 Å². The molecular formula is C24H39N5O. The number of hydrogen-bond donors (Lipinski definition) is 3. The van der Waals surface area contributed by atoms with E-state index in [9.17, 15) is 0 Å². The zero-order valence-electron chi connectivity index (χ0n) is 18.9. The molecule has 166 valence electrons. The Bertz CT molecular complexity index is 726. The van der Waals surface area contributed by atoms with Gasteiger partial charge in [-0.1, -0.05) is 25.3 Å². The number of hydrogen-bond acceptors (Lipinski definition) is 6. The standard InChI is InChI=1S/C24H39N5O/c1-17-13-21(22(26)10-9-18(2)25)24(28-14-17)29-12-11-19(23(16-29)30-3)15-27-20-7-5-4-6-8-20/h9-10,13-14,18-20,23,26-27H,4-8,11-12,15-16,25H2,1-3H3/b10-9-,26-22?/t18?,19?,23-/m0/s1. The van der Waals surface area contributed by atoms with Crippen molar-refractivity contribution in [3.63, 3.8) is 0 Å². The molecule has 3 rings (SSSR count). The molecule has 2 aliphatic rings. The number of pyridine rings is 1. The van der Waals surface area contributed by atoms with Crippen LogP contribution in [0, 0.1) is 18.3 Å². The Hall–Kier alpha value is -1.76. The lowest BCUT2D eigenvalue weighted by molar-refractivity contribution is 0.0407. The molecule has 4 N–H and O–H groups in total. The third kappa shape index (κ3) is 6.13. The van der Waals surface area contributed by atoms with Crippen molar-refractivity contribution in [3.8, 4) is 0 Å². The van der Waals surface area contributed by atoms with E-state index < -0.39 is 0 Å². The lowest BCUT2D eigenvalue weighted by Crippen LogP contribution is -2.49. The number of aromatic nitrogens is 1. The molecule has 2 heterocycles. The summed E-state index contributed by atoms with van der Waals surface area (Å²) in [7, 11) is 1.82. The third-order valence-corrected chi connectivity index (χ3v) is 6.43. The summed E-state index contributed by atoms with van der Waals surface area (Å²) in [6, 6.07) is 2.66. The average Bonchev–Trinajstić information content (AvgIpc) is 2.76. The van der Waals surface area contributed by atoms with Gasteiger partial charge in [0.2, 0.25) is 0 Å². The SMILES string of the molecule is CO[C@H]1CN(c2ncc(C)cc2C(=N)/C=C\C(C)N)CCC1CNC1CCCCC1. The Kier molecular flexibility index (Phi) is 8.42. The number of anilines is 1. The lowest BCUT2D eigenvalue weighted by atomic mass is 9.91. The summed E-state index contributed by atoms with van der Waals surface area (Å²) in [4.78, 5) is 7.00. The summed E-state index contributed by atoms with van der Waals surface area (Å²) in [5.41, 5.74) is 8.20. The predicted molar refractivity (Wildman–Crippen MR) is 125 cm³/mol. The van der Waals surface area contributed by atoms with Gasteiger partial charge in [-0.3, -0.25) is 0 Å². The number of nitrogens with one attached hydrogen (secondary N) is 2. The summed E-state index contributed by atoms with van der Waals surface area (Å²) >= 11 is 0. The maximum atomic E-state index is 8.54. The van der Waals surface area contributed by atoms with Gasteiger partial charge in [-0.25, -0.2) is 4.98 Å². The number of nitrogens with zero attached hydrogens (tertiary/aromatic N) is 2. The first kappa shape index (κ1) is 22.9. The van der Waals surface area contributed by atoms with Gasteiger partial charge in [0, 0.05) is 56.5 Å². The monoisotopic (exact) mass is 413 g/mol. The Morgan fingerprint density at radius 3 is 2.83 bits per heavy atom. The van der Waals surface area contributed by atoms with Crippen LogP contribution in [0.15, 0.2) is 24.4 Å². The van der Waals surface area contributed by atoms with Gasteiger partial charge < -0.3 is 26.1 Å². The minimum Gasteiger partial charge on any atom is -0.379 e. The Morgan fingerprint density at radius 2 is 2.13 bits per heavy atom. The normalized spacial score (nSPS) is 24.3. The van der Waals surface area contributed by atoms with Crippen molar-refractivity contribution in [1.29, 1.82) is 5.41 Å². The zero-order chi connectivity index (χ0) is 21.5. The molecule has 3 atom stereocenters. The second-order valence-corrected chi connectivity index (χ2v) is 9.03. The topological polar surface area (TPSA) is 87.3 Å². The summed E-state index contributed by atoms with van der Waals surface area (Å²) in [5, 5.41) is 12.3. The van der Waals surface area contributed by atoms with Gasteiger partial charge >= 0.3 is 0 Å². The summed E-state index contributed by atoms with van der Waals surface area (Å²) in [6.07, 6.45) is 13.5. The van der Waals surface area contributed by atoms with Gasteiger partial charge in [0.15, 0.2) is 0 Å². The van der Waals surface area contributed by atoms with Crippen molar-refractivity contribution in [1.82, 2.24) is 10.3 Å². The quantitative estimate of drug-likeness (QED) is 0.569. The van der Waals surface area contributed by atoms with Crippen LogP contribution in [0.5, 0.6) is 0 Å². The number of aryl methyl sites for hydroxylation is 1. The van der Waals surface area contributed by atoms with Gasteiger partial charge in [0.25, 0.3) is 0 Å². The molecule has 6 heteroatoms. The van der Waals surface area contributed by atoms with Crippen molar-refractivity contribution >= 4 is 11.5 Å². The first-order chi connectivity index (χ1) is 14.5. The molecule has 0 radical (unpaired) electrons. The minimum absolute atomic E-state index is 0.0724. The van der Waals surface area contributed by atoms with E-state index in [1.54, 1.807) is 6.08 Å². The molecule has 2 fully saturated rings. The van der Waals surface area contributed by atoms with Gasteiger partial charge in [0.05, 0.1) is 11.8 Å². The van der Waals surface area contributed by atoms with Crippen LogP contribution in [0.2, 0.25) is 0 Å². The number of piperidine rings is 1. The van der Waals surface area contributed by atoms with Crippen LogP contribution in [0.1, 0.15) is 56.6 Å². The van der Waals surface area contributed by atoms with E-state index in [0.29, 0.717) is 17.7 Å². The number of methoxy groups -OCH3 is 1. The van der Waals surface area contributed by atoms with E-state index in [4.69, 9.17) is 20.9 Å². The van der Waals surface area contributed by atoms with Gasteiger partial charge in [-0.15, -0.1) is 0 Å². The Balaban J connectivity index is 1.68. The van der Waals surface area contributed by atoms with E-state index in [-0.39, 0.29) is 12.1 Å². The van der Waals surface area contributed by atoms with E-state index in [1.807, 2.05) is 33.2 Å². The molecule has 2 unspecified atom stereocenters. The molecule has 1 saturated heterocycles. The summed E-state index contributed by atoms with van der Waals surface area (Å²) in [5.74, 6) is 1.39. The van der Waals surface area contributed by atoms with E-state index in [2.05, 4.69) is 16.3 Å². The van der Waals surface area contributed by atoms with Crippen LogP contribution >= 0.6 is 0 Å². The molecular weight excluding hydrogens is 374 g/mol. The number of ether oxygens (including phenoxy) is 1. The highest BCUT2D eigenvalue weighted by Crippen LogP contribution is 2.28. The van der Waals surface area contributed by atoms with Crippen molar-refractivity contribution in [3.05, 3.63) is 35.5 Å². The number of nitrogens with two attached hydrogens (primary N) is 1. The first-order valence-electron chi connectivity index (χ1n) is 11.5.